The van der Waals surface area contributed by atoms with Crippen molar-refractivity contribution in [3.63, 3.8) is 0 Å². The van der Waals surface area contributed by atoms with Gasteiger partial charge in [-0.2, -0.15) is 0 Å². The van der Waals surface area contributed by atoms with Gasteiger partial charge in [0.15, 0.2) is 0 Å². The van der Waals surface area contributed by atoms with E-state index in [0.29, 0.717) is 5.92 Å². The van der Waals surface area contributed by atoms with Crippen LogP contribution in [0.1, 0.15) is 17.9 Å². The predicted molar refractivity (Wildman–Crippen MR) is 46.2 cm³/mol. The molecule has 3 heteroatoms. The van der Waals surface area contributed by atoms with E-state index < -0.39 is 0 Å². The molecule has 0 amide bonds. The van der Waals surface area contributed by atoms with Crippen LogP contribution >= 0.6 is 12.4 Å². The Morgan fingerprint density at radius 2 is 2.45 bits per heavy atom. The molecule has 0 bridgehead atoms. The molecule has 0 radical (unpaired) electrons. The van der Waals surface area contributed by atoms with Crippen LogP contribution in [0, 0.1) is 0 Å². The van der Waals surface area contributed by atoms with Gasteiger partial charge in [-0.05, 0) is 24.6 Å². The molecular weight excluding hydrogens is 162 g/mol. The summed E-state index contributed by atoms with van der Waals surface area (Å²) in [4.78, 5) is 0. The first kappa shape index (κ1) is 8.62. The summed E-state index contributed by atoms with van der Waals surface area (Å²) in [6.45, 7) is 2.26. The van der Waals surface area contributed by atoms with Gasteiger partial charge in [0, 0.05) is 12.5 Å². The van der Waals surface area contributed by atoms with Gasteiger partial charge in [-0.25, -0.2) is 0 Å². The Kier molecular flexibility index (Phi) is 2.97. The molecule has 1 saturated heterocycles. The van der Waals surface area contributed by atoms with E-state index in [4.69, 9.17) is 4.42 Å². The van der Waals surface area contributed by atoms with Gasteiger partial charge in [-0.15, -0.1) is 12.4 Å². The highest BCUT2D eigenvalue weighted by molar-refractivity contribution is 5.85. The number of furan rings is 1. The van der Waals surface area contributed by atoms with Crippen molar-refractivity contribution in [3.05, 3.63) is 24.2 Å². The third-order valence-electron chi connectivity index (χ3n) is 2.07. The minimum Gasteiger partial charge on any atom is -0.472 e. The third-order valence-corrected chi connectivity index (χ3v) is 2.07. The monoisotopic (exact) mass is 173 g/mol. The highest BCUT2D eigenvalue weighted by Gasteiger charge is 2.16. The van der Waals surface area contributed by atoms with Gasteiger partial charge in [0.2, 0.25) is 0 Å². The molecule has 11 heavy (non-hydrogen) atoms. The Morgan fingerprint density at radius 1 is 1.55 bits per heavy atom. The summed E-state index contributed by atoms with van der Waals surface area (Å²) in [6, 6.07) is 2.05. The molecule has 1 aliphatic rings. The first-order chi connectivity index (χ1) is 4.97. The van der Waals surface area contributed by atoms with E-state index in [0.717, 1.165) is 13.1 Å². The molecule has 1 aromatic heterocycles. The van der Waals surface area contributed by atoms with Crippen LogP contribution in [0.5, 0.6) is 0 Å². The zero-order chi connectivity index (χ0) is 6.81. The van der Waals surface area contributed by atoms with Crippen molar-refractivity contribution >= 4 is 12.4 Å². The molecule has 2 heterocycles. The summed E-state index contributed by atoms with van der Waals surface area (Å²) in [6.07, 6.45) is 4.84. The average Bonchev–Trinajstić information content (AvgIpc) is 2.59. The smallest absolute Gasteiger partial charge is 0.0937 e. The quantitative estimate of drug-likeness (QED) is 0.701. The van der Waals surface area contributed by atoms with Crippen molar-refractivity contribution in [2.75, 3.05) is 13.1 Å². The zero-order valence-corrected chi connectivity index (χ0v) is 7.06. The molecular formula is C8H12ClNO. The van der Waals surface area contributed by atoms with Crippen molar-refractivity contribution in [2.24, 2.45) is 0 Å². The van der Waals surface area contributed by atoms with E-state index in [1.54, 1.807) is 6.26 Å². The van der Waals surface area contributed by atoms with Crippen LogP contribution in [0.15, 0.2) is 23.0 Å². The number of rotatable bonds is 1. The van der Waals surface area contributed by atoms with E-state index >= 15 is 0 Å². The Hall–Kier alpha value is -0.470. The van der Waals surface area contributed by atoms with Crippen LogP contribution in [0.25, 0.3) is 0 Å². The summed E-state index contributed by atoms with van der Waals surface area (Å²) in [5, 5.41) is 3.32. The van der Waals surface area contributed by atoms with Gasteiger partial charge in [0.25, 0.3) is 0 Å². The fourth-order valence-electron chi connectivity index (χ4n) is 1.45. The Morgan fingerprint density at radius 3 is 3.00 bits per heavy atom. The van der Waals surface area contributed by atoms with E-state index in [1.165, 1.54) is 12.0 Å². The average molecular weight is 174 g/mol. The van der Waals surface area contributed by atoms with E-state index in [-0.39, 0.29) is 12.4 Å². The van der Waals surface area contributed by atoms with Crippen LogP contribution in [-0.2, 0) is 0 Å². The van der Waals surface area contributed by atoms with E-state index in [9.17, 15) is 0 Å². The van der Waals surface area contributed by atoms with Gasteiger partial charge >= 0.3 is 0 Å². The highest BCUT2D eigenvalue weighted by Crippen LogP contribution is 2.21. The Labute approximate surface area is 72.4 Å². The lowest BCUT2D eigenvalue weighted by atomic mass is 10.0. The lowest BCUT2D eigenvalue weighted by Gasteiger charge is -2.01. The Bertz CT molecular complexity index is 192. The highest BCUT2D eigenvalue weighted by atomic mass is 35.5. The second kappa shape index (κ2) is 3.79. The summed E-state index contributed by atoms with van der Waals surface area (Å²) in [5.41, 5.74) is 1.34. The number of hydrogen-bond donors (Lipinski definition) is 1. The molecule has 1 aromatic rings. The predicted octanol–water partition coefficient (Wildman–Crippen LogP) is 1.78. The normalized spacial score (nSPS) is 23.1. The maximum absolute atomic E-state index is 5.00. The van der Waals surface area contributed by atoms with Gasteiger partial charge in [0.1, 0.15) is 0 Å². The van der Waals surface area contributed by atoms with Crippen LogP contribution < -0.4 is 5.32 Å². The molecule has 2 nitrogen and oxygen atoms in total. The first-order valence-electron chi connectivity index (χ1n) is 3.69. The standard InChI is InChI=1S/C8H11NO.ClH/c1-3-9-5-7(1)8-2-4-10-6-8;/h2,4,6-7,9H,1,3,5H2;1H. The van der Waals surface area contributed by atoms with Crippen LogP contribution in [-0.4, -0.2) is 13.1 Å². The Balaban J connectivity index is 0.000000605. The fraction of sp³-hybridized carbons (Fsp3) is 0.500. The minimum absolute atomic E-state index is 0. The number of hydrogen-bond acceptors (Lipinski definition) is 2. The molecule has 1 atom stereocenters. The molecule has 0 aliphatic carbocycles. The van der Waals surface area contributed by atoms with Crippen LogP contribution in [0.4, 0.5) is 0 Å². The maximum atomic E-state index is 5.00. The largest absolute Gasteiger partial charge is 0.472 e. The lowest BCUT2D eigenvalue weighted by molar-refractivity contribution is 0.560. The summed E-state index contributed by atoms with van der Waals surface area (Å²) in [5.74, 6) is 0.693. The van der Waals surface area contributed by atoms with E-state index in [1.807, 2.05) is 6.26 Å². The SMILES string of the molecule is Cl.c1cc(C2CCNC2)co1. The second-order valence-corrected chi connectivity index (χ2v) is 2.75. The van der Waals surface area contributed by atoms with Gasteiger partial charge in [-0.1, -0.05) is 0 Å². The van der Waals surface area contributed by atoms with Gasteiger partial charge in [-0.3, -0.25) is 0 Å². The summed E-state index contributed by atoms with van der Waals surface area (Å²) < 4.78 is 5.00. The van der Waals surface area contributed by atoms with Crippen molar-refractivity contribution in [1.29, 1.82) is 0 Å². The van der Waals surface area contributed by atoms with Crippen LogP contribution in [0.2, 0.25) is 0 Å². The van der Waals surface area contributed by atoms with Gasteiger partial charge < -0.3 is 9.73 Å². The number of nitrogens with one attached hydrogen (secondary N) is 1. The molecule has 0 aromatic carbocycles. The summed E-state index contributed by atoms with van der Waals surface area (Å²) in [7, 11) is 0. The second-order valence-electron chi connectivity index (χ2n) is 2.75. The maximum Gasteiger partial charge on any atom is 0.0937 e. The van der Waals surface area contributed by atoms with E-state index in [2.05, 4.69) is 11.4 Å². The molecule has 0 saturated carbocycles. The number of halogens is 1. The molecule has 0 spiro atoms. The first-order valence-corrected chi connectivity index (χ1v) is 3.69. The lowest BCUT2D eigenvalue weighted by Crippen LogP contribution is -2.07. The van der Waals surface area contributed by atoms with Crippen LogP contribution in [0.3, 0.4) is 0 Å². The molecule has 1 fully saturated rings. The molecule has 2 rings (SSSR count). The molecule has 1 unspecified atom stereocenters. The molecule has 1 aliphatic heterocycles. The van der Waals surface area contributed by atoms with Gasteiger partial charge in [0.05, 0.1) is 12.5 Å². The molecule has 1 N–H and O–H groups in total. The van der Waals surface area contributed by atoms with Crippen molar-refractivity contribution in [3.8, 4) is 0 Å². The summed E-state index contributed by atoms with van der Waals surface area (Å²) >= 11 is 0. The zero-order valence-electron chi connectivity index (χ0n) is 6.25. The van der Waals surface area contributed by atoms with Crippen molar-refractivity contribution in [1.82, 2.24) is 5.32 Å². The van der Waals surface area contributed by atoms with Crippen molar-refractivity contribution in [2.45, 2.75) is 12.3 Å². The minimum atomic E-state index is 0. The third kappa shape index (κ3) is 1.76. The fourth-order valence-corrected chi connectivity index (χ4v) is 1.45. The molecule has 62 valence electrons. The topological polar surface area (TPSA) is 25.2 Å². The van der Waals surface area contributed by atoms with Crippen molar-refractivity contribution < 1.29 is 4.42 Å².